The van der Waals surface area contributed by atoms with E-state index in [1.807, 2.05) is 13.8 Å². The van der Waals surface area contributed by atoms with Crippen LogP contribution < -0.4 is 16.6 Å². The van der Waals surface area contributed by atoms with Crippen LogP contribution in [0.2, 0.25) is 0 Å². The van der Waals surface area contributed by atoms with E-state index in [1.165, 1.54) is 11.3 Å². The van der Waals surface area contributed by atoms with E-state index in [0.717, 1.165) is 10.4 Å². The van der Waals surface area contributed by atoms with Crippen molar-refractivity contribution in [2.45, 2.75) is 32.6 Å². The number of carbonyl (C=O) groups excluding carboxylic acids is 1. The van der Waals surface area contributed by atoms with Crippen LogP contribution in [0.15, 0.2) is 4.79 Å². The standard InChI is InChI=1S/C14H18F2N4O2S/c1-7-8(2)23-13-11(7)12(22)19-9(20-13)3-4-10(21)18-6-14(15,16)5-17/h3-6,17H2,1-2H3,(H,18,21)(H,19,20,22). The maximum absolute atomic E-state index is 12.9. The summed E-state index contributed by atoms with van der Waals surface area (Å²) in [6.45, 7) is 2.15. The minimum absolute atomic E-state index is 0.0432. The van der Waals surface area contributed by atoms with E-state index in [4.69, 9.17) is 5.73 Å². The Morgan fingerprint density at radius 1 is 1.43 bits per heavy atom. The van der Waals surface area contributed by atoms with Gasteiger partial charge in [-0.1, -0.05) is 0 Å². The first-order valence-corrected chi connectivity index (χ1v) is 7.88. The van der Waals surface area contributed by atoms with Crippen molar-refractivity contribution in [1.82, 2.24) is 15.3 Å². The second kappa shape index (κ2) is 6.71. The van der Waals surface area contributed by atoms with Crippen LogP contribution in [0.25, 0.3) is 10.2 Å². The molecule has 23 heavy (non-hydrogen) atoms. The number of amides is 1. The predicted octanol–water partition coefficient (Wildman–Crippen LogP) is 1.24. The normalized spacial score (nSPS) is 11.9. The zero-order chi connectivity index (χ0) is 17.2. The topological polar surface area (TPSA) is 101 Å². The van der Waals surface area contributed by atoms with Crippen molar-refractivity contribution in [2.24, 2.45) is 5.73 Å². The van der Waals surface area contributed by atoms with Crippen molar-refractivity contribution in [3.63, 3.8) is 0 Å². The molecule has 0 bridgehead atoms. The minimum atomic E-state index is -3.12. The Balaban J connectivity index is 2.03. The number of nitrogens with two attached hydrogens (primary N) is 1. The van der Waals surface area contributed by atoms with Crippen LogP contribution in [0.4, 0.5) is 8.78 Å². The van der Waals surface area contributed by atoms with Crippen LogP contribution in [0.1, 0.15) is 22.7 Å². The number of alkyl halides is 2. The van der Waals surface area contributed by atoms with Crippen LogP contribution in [0, 0.1) is 13.8 Å². The fraction of sp³-hybridized carbons (Fsp3) is 0.500. The number of aromatic nitrogens is 2. The van der Waals surface area contributed by atoms with Crippen LogP contribution in [0.3, 0.4) is 0 Å². The second-order valence-corrected chi connectivity index (χ2v) is 6.52. The molecule has 2 heterocycles. The summed E-state index contributed by atoms with van der Waals surface area (Å²) in [6.07, 6.45) is 0.125. The van der Waals surface area contributed by atoms with Gasteiger partial charge in [-0.05, 0) is 19.4 Å². The molecule has 0 atom stereocenters. The Morgan fingerprint density at radius 2 is 2.13 bits per heavy atom. The molecule has 0 saturated carbocycles. The first-order valence-electron chi connectivity index (χ1n) is 7.07. The zero-order valence-corrected chi connectivity index (χ0v) is 13.7. The lowest BCUT2D eigenvalue weighted by Crippen LogP contribution is -2.41. The number of aromatic amines is 1. The first-order chi connectivity index (χ1) is 10.7. The van der Waals surface area contributed by atoms with E-state index in [9.17, 15) is 18.4 Å². The maximum atomic E-state index is 12.9. The fourth-order valence-corrected chi connectivity index (χ4v) is 3.09. The number of carbonyl (C=O) groups is 1. The Morgan fingerprint density at radius 3 is 2.78 bits per heavy atom. The largest absolute Gasteiger partial charge is 0.350 e. The average Bonchev–Trinajstić information content (AvgIpc) is 2.78. The Labute approximate surface area is 135 Å². The molecule has 2 aromatic heterocycles. The first kappa shape index (κ1) is 17.5. The minimum Gasteiger partial charge on any atom is -0.350 e. The van der Waals surface area contributed by atoms with E-state index in [1.54, 1.807) is 0 Å². The number of aryl methyl sites for hydroxylation is 3. The molecule has 4 N–H and O–H groups in total. The molecule has 0 spiro atoms. The highest BCUT2D eigenvalue weighted by molar-refractivity contribution is 7.18. The highest BCUT2D eigenvalue weighted by Crippen LogP contribution is 2.25. The Bertz CT molecular complexity index is 785. The molecular formula is C14H18F2N4O2S. The van der Waals surface area contributed by atoms with Crippen LogP contribution in [0.5, 0.6) is 0 Å². The number of hydrogen-bond acceptors (Lipinski definition) is 5. The maximum Gasteiger partial charge on any atom is 0.277 e. The Hall–Kier alpha value is -1.87. The van der Waals surface area contributed by atoms with Gasteiger partial charge in [-0.3, -0.25) is 9.59 Å². The monoisotopic (exact) mass is 344 g/mol. The van der Waals surface area contributed by atoms with E-state index in [-0.39, 0.29) is 18.4 Å². The van der Waals surface area contributed by atoms with Crippen LogP contribution in [-0.2, 0) is 11.2 Å². The van der Waals surface area contributed by atoms with Gasteiger partial charge in [-0.2, -0.15) is 0 Å². The lowest BCUT2D eigenvalue weighted by Gasteiger charge is -2.14. The number of hydrogen-bond donors (Lipinski definition) is 3. The molecule has 0 aliphatic rings. The number of rotatable bonds is 6. The third-order valence-electron chi connectivity index (χ3n) is 3.52. The van der Waals surface area contributed by atoms with Gasteiger partial charge < -0.3 is 16.0 Å². The highest BCUT2D eigenvalue weighted by Gasteiger charge is 2.27. The third-order valence-corrected chi connectivity index (χ3v) is 4.62. The number of fused-ring (bicyclic) bond motifs is 1. The molecule has 0 fully saturated rings. The fourth-order valence-electron chi connectivity index (χ4n) is 2.04. The lowest BCUT2D eigenvalue weighted by molar-refractivity contribution is -0.122. The van der Waals surface area contributed by atoms with Gasteiger partial charge in [-0.25, -0.2) is 13.8 Å². The van der Waals surface area contributed by atoms with Gasteiger partial charge in [0.2, 0.25) is 5.91 Å². The average molecular weight is 344 g/mol. The zero-order valence-electron chi connectivity index (χ0n) is 12.8. The van der Waals surface area contributed by atoms with E-state index in [2.05, 4.69) is 15.3 Å². The van der Waals surface area contributed by atoms with Crippen molar-refractivity contribution in [2.75, 3.05) is 13.1 Å². The number of H-pyrrole nitrogens is 1. The van der Waals surface area contributed by atoms with E-state index < -0.39 is 24.9 Å². The van der Waals surface area contributed by atoms with Gasteiger partial charge in [0.05, 0.1) is 18.5 Å². The second-order valence-electron chi connectivity index (χ2n) is 5.31. The molecule has 126 valence electrons. The molecule has 0 aromatic carbocycles. The molecule has 9 heteroatoms. The summed E-state index contributed by atoms with van der Waals surface area (Å²) in [5.74, 6) is -3.29. The Kier molecular flexibility index (Phi) is 5.10. The summed E-state index contributed by atoms with van der Waals surface area (Å²) in [5.41, 5.74) is 5.54. The van der Waals surface area contributed by atoms with Crippen molar-refractivity contribution >= 4 is 27.5 Å². The molecule has 2 aromatic rings. The number of halogens is 2. The van der Waals surface area contributed by atoms with Crippen molar-refractivity contribution in [1.29, 1.82) is 0 Å². The number of nitrogens with one attached hydrogen (secondary N) is 2. The van der Waals surface area contributed by atoms with Gasteiger partial charge >= 0.3 is 0 Å². The summed E-state index contributed by atoms with van der Waals surface area (Å²) < 4.78 is 25.9. The molecule has 0 saturated heterocycles. The van der Waals surface area contributed by atoms with E-state index >= 15 is 0 Å². The van der Waals surface area contributed by atoms with Gasteiger partial charge in [-0.15, -0.1) is 11.3 Å². The quantitative estimate of drug-likeness (QED) is 0.734. The van der Waals surface area contributed by atoms with Gasteiger partial charge in [0.25, 0.3) is 11.5 Å². The number of nitrogens with zero attached hydrogens (tertiary/aromatic N) is 1. The smallest absolute Gasteiger partial charge is 0.277 e. The molecule has 0 aliphatic carbocycles. The van der Waals surface area contributed by atoms with Gasteiger partial charge in [0.15, 0.2) is 0 Å². The molecule has 2 rings (SSSR count). The summed E-state index contributed by atoms with van der Waals surface area (Å²) >= 11 is 1.41. The predicted molar refractivity (Wildman–Crippen MR) is 85.0 cm³/mol. The van der Waals surface area contributed by atoms with Crippen molar-refractivity contribution in [3.8, 4) is 0 Å². The summed E-state index contributed by atoms with van der Waals surface area (Å²) in [5, 5.41) is 2.68. The van der Waals surface area contributed by atoms with Crippen molar-refractivity contribution in [3.05, 3.63) is 26.6 Å². The molecule has 6 nitrogen and oxygen atoms in total. The highest BCUT2D eigenvalue weighted by atomic mass is 32.1. The summed E-state index contributed by atoms with van der Waals surface area (Å²) in [6, 6.07) is 0. The van der Waals surface area contributed by atoms with E-state index in [0.29, 0.717) is 16.0 Å². The third kappa shape index (κ3) is 4.11. The van der Waals surface area contributed by atoms with Gasteiger partial charge in [0, 0.05) is 17.7 Å². The molecule has 0 unspecified atom stereocenters. The SMILES string of the molecule is Cc1sc2nc(CCC(=O)NCC(F)(F)CN)[nH]c(=O)c2c1C. The van der Waals surface area contributed by atoms with Gasteiger partial charge in [0.1, 0.15) is 10.7 Å². The number of thiophene rings is 1. The summed E-state index contributed by atoms with van der Waals surface area (Å²) in [4.78, 5) is 32.3. The molecule has 0 radical (unpaired) electrons. The van der Waals surface area contributed by atoms with Crippen molar-refractivity contribution < 1.29 is 13.6 Å². The molecule has 1 amide bonds. The summed E-state index contributed by atoms with van der Waals surface area (Å²) in [7, 11) is 0. The molecule has 0 aliphatic heterocycles. The van der Waals surface area contributed by atoms with Crippen LogP contribution in [-0.4, -0.2) is 34.9 Å². The van der Waals surface area contributed by atoms with Crippen LogP contribution >= 0.6 is 11.3 Å². The molecular weight excluding hydrogens is 326 g/mol. The lowest BCUT2D eigenvalue weighted by atomic mass is 10.2.